The Hall–Kier alpha value is -2.38. The van der Waals surface area contributed by atoms with E-state index in [1.54, 1.807) is 11.0 Å². The van der Waals surface area contributed by atoms with Gasteiger partial charge in [0.25, 0.3) is 5.91 Å². The van der Waals surface area contributed by atoms with Crippen LogP contribution in [0.4, 0.5) is 13.9 Å². The number of fused-ring (bicyclic) bond motifs is 1. The van der Waals surface area contributed by atoms with Gasteiger partial charge in [0.1, 0.15) is 11.3 Å². The van der Waals surface area contributed by atoms with Gasteiger partial charge in [-0.05, 0) is 51.7 Å². The quantitative estimate of drug-likeness (QED) is 0.624. The molecule has 1 heterocycles. The summed E-state index contributed by atoms with van der Waals surface area (Å²) in [5.74, 6) is -1.56. The predicted octanol–water partition coefficient (Wildman–Crippen LogP) is 4.48. The Morgan fingerprint density at radius 1 is 1.15 bits per heavy atom. The average molecular weight is 389 g/mol. The van der Waals surface area contributed by atoms with E-state index in [1.807, 2.05) is 44.1 Å². The molecule has 0 radical (unpaired) electrons. The summed E-state index contributed by atoms with van der Waals surface area (Å²) < 4.78 is 28.0. The van der Waals surface area contributed by atoms with Crippen LogP contribution in [0.1, 0.15) is 22.3 Å². The lowest BCUT2D eigenvalue weighted by molar-refractivity contribution is 0.0985. The second-order valence-electron chi connectivity index (χ2n) is 6.66. The van der Waals surface area contributed by atoms with Crippen LogP contribution in [0.25, 0.3) is 10.2 Å². The highest BCUT2D eigenvalue weighted by Gasteiger charge is 2.23. The SMILES string of the molecule is Cc1ccccc1C(=O)N(CCCN(C)C)c1nc2c(F)cc(F)cc2s1. The molecule has 0 atom stereocenters. The van der Waals surface area contributed by atoms with Crippen molar-refractivity contribution in [1.29, 1.82) is 0 Å². The Morgan fingerprint density at radius 3 is 2.59 bits per heavy atom. The van der Waals surface area contributed by atoms with Crippen LogP contribution >= 0.6 is 11.3 Å². The standard InChI is InChI=1S/C20H21F2N3OS/c1-13-7-4-5-8-15(13)19(26)25(10-6-9-24(2)3)20-23-18-16(22)11-14(21)12-17(18)27-20/h4-5,7-8,11-12H,6,9-10H2,1-3H3. The van der Waals surface area contributed by atoms with Crippen molar-refractivity contribution >= 4 is 32.6 Å². The number of anilines is 1. The first-order valence-corrected chi connectivity index (χ1v) is 9.46. The topological polar surface area (TPSA) is 36.4 Å². The van der Waals surface area contributed by atoms with E-state index in [4.69, 9.17) is 0 Å². The van der Waals surface area contributed by atoms with Gasteiger partial charge in [0.2, 0.25) is 0 Å². The van der Waals surface area contributed by atoms with Gasteiger partial charge in [-0.25, -0.2) is 13.8 Å². The fourth-order valence-corrected chi connectivity index (χ4v) is 3.88. The monoisotopic (exact) mass is 389 g/mol. The van der Waals surface area contributed by atoms with Gasteiger partial charge in [-0.3, -0.25) is 9.69 Å². The Balaban J connectivity index is 2.00. The van der Waals surface area contributed by atoms with Crippen LogP contribution in [0.2, 0.25) is 0 Å². The second-order valence-corrected chi connectivity index (χ2v) is 7.67. The number of nitrogens with zero attached hydrogens (tertiary/aromatic N) is 3. The van der Waals surface area contributed by atoms with Crippen LogP contribution in [0.3, 0.4) is 0 Å². The maximum absolute atomic E-state index is 14.1. The molecular weight excluding hydrogens is 368 g/mol. The van der Waals surface area contributed by atoms with Crippen molar-refractivity contribution < 1.29 is 13.6 Å². The van der Waals surface area contributed by atoms with Gasteiger partial charge in [0, 0.05) is 18.2 Å². The largest absolute Gasteiger partial charge is 0.309 e. The molecule has 1 aromatic heterocycles. The van der Waals surface area contributed by atoms with Crippen molar-refractivity contribution in [3.63, 3.8) is 0 Å². The van der Waals surface area contributed by atoms with Crippen molar-refractivity contribution in [1.82, 2.24) is 9.88 Å². The summed E-state index contributed by atoms with van der Waals surface area (Å²) >= 11 is 1.12. The molecule has 0 fully saturated rings. The Bertz CT molecular complexity index is 971. The summed E-state index contributed by atoms with van der Waals surface area (Å²) in [5, 5.41) is 0.376. The summed E-state index contributed by atoms with van der Waals surface area (Å²) in [4.78, 5) is 21.1. The van der Waals surface area contributed by atoms with E-state index in [0.29, 0.717) is 21.9 Å². The lowest BCUT2D eigenvalue weighted by Crippen LogP contribution is -2.33. The summed E-state index contributed by atoms with van der Waals surface area (Å²) in [6, 6.07) is 9.38. The van der Waals surface area contributed by atoms with Gasteiger partial charge in [0.05, 0.1) is 4.70 Å². The Kier molecular flexibility index (Phi) is 5.82. The van der Waals surface area contributed by atoms with Crippen LogP contribution in [0.15, 0.2) is 36.4 Å². The van der Waals surface area contributed by atoms with E-state index in [-0.39, 0.29) is 11.4 Å². The third-order valence-corrected chi connectivity index (χ3v) is 5.27. The molecule has 0 spiro atoms. The zero-order valence-electron chi connectivity index (χ0n) is 15.5. The number of benzene rings is 2. The predicted molar refractivity (Wildman–Crippen MR) is 106 cm³/mol. The number of hydrogen-bond acceptors (Lipinski definition) is 4. The molecule has 0 aliphatic carbocycles. The van der Waals surface area contributed by atoms with Gasteiger partial charge in [-0.2, -0.15) is 0 Å². The Labute approximate surface area is 161 Å². The molecule has 142 valence electrons. The average Bonchev–Trinajstić information content (AvgIpc) is 3.02. The van der Waals surface area contributed by atoms with Crippen molar-refractivity contribution in [2.75, 3.05) is 32.1 Å². The fourth-order valence-electron chi connectivity index (χ4n) is 2.85. The molecule has 1 amide bonds. The number of carbonyl (C=O) groups excluding carboxylic acids is 1. The van der Waals surface area contributed by atoms with Crippen molar-refractivity contribution in [2.45, 2.75) is 13.3 Å². The summed E-state index contributed by atoms with van der Waals surface area (Å²) in [5.41, 5.74) is 1.53. The molecular formula is C20H21F2N3OS. The lowest BCUT2D eigenvalue weighted by Gasteiger charge is -2.21. The summed E-state index contributed by atoms with van der Waals surface area (Å²) in [7, 11) is 3.92. The van der Waals surface area contributed by atoms with Crippen molar-refractivity contribution in [3.8, 4) is 0 Å². The number of thiazole rings is 1. The minimum atomic E-state index is -0.718. The first kappa shape index (κ1) is 19.4. The zero-order valence-corrected chi connectivity index (χ0v) is 16.3. The van der Waals surface area contributed by atoms with Gasteiger partial charge in [-0.15, -0.1) is 0 Å². The molecule has 0 bridgehead atoms. The van der Waals surface area contributed by atoms with Gasteiger partial charge >= 0.3 is 0 Å². The number of aromatic nitrogens is 1. The minimum absolute atomic E-state index is 0.0894. The van der Waals surface area contributed by atoms with E-state index >= 15 is 0 Å². The Morgan fingerprint density at radius 2 is 1.89 bits per heavy atom. The number of halogens is 2. The van der Waals surface area contributed by atoms with Crippen LogP contribution < -0.4 is 4.90 Å². The van der Waals surface area contributed by atoms with Gasteiger partial charge < -0.3 is 4.90 Å². The number of carbonyl (C=O) groups is 1. The molecule has 0 aliphatic heterocycles. The van der Waals surface area contributed by atoms with Gasteiger partial charge in [0.15, 0.2) is 10.9 Å². The molecule has 7 heteroatoms. The van der Waals surface area contributed by atoms with Crippen molar-refractivity contribution in [3.05, 3.63) is 59.2 Å². The highest BCUT2D eigenvalue weighted by atomic mass is 32.1. The maximum Gasteiger partial charge on any atom is 0.260 e. The van der Waals surface area contributed by atoms with Crippen LogP contribution in [-0.4, -0.2) is 43.0 Å². The van der Waals surface area contributed by atoms with Crippen LogP contribution in [0, 0.1) is 18.6 Å². The van der Waals surface area contributed by atoms with E-state index < -0.39 is 11.6 Å². The lowest BCUT2D eigenvalue weighted by atomic mass is 10.1. The smallest absolute Gasteiger partial charge is 0.260 e. The molecule has 27 heavy (non-hydrogen) atoms. The molecule has 0 N–H and O–H groups in total. The third kappa shape index (κ3) is 4.31. The number of hydrogen-bond donors (Lipinski definition) is 0. The zero-order chi connectivity index (χ0) is 19.6. The van der Waals surface area contributed by atoms with E-state index in [1.165, 1.54) is 6.07 Å². The maximum atomic E-state index is 14.1. The second kappa shape index (κ2) is 8.10. The molecule has 0 saturated heterocycles. The van der Waals surface area contributed by atoms with E-state index in [0.717, 1.165) is 35.9 Å². The van der Waals surface area contributed by atoms with Crippen LogP contribution in [-0.2, 0) is 0 Å². The molecule has 0 aliphatic rings. The molecule has 2 aromatic carbocycles. The molecule has 0 unspecified atom stereocenters. The first-order chi connectivity index (χ1) is 12.9. The fraction of sp³-hybridized carbons (Fsp3) is 0.300. The highest BCUT2D eigenvalue weighted by Crippen LogP contribution is 2.32. The molecule has 4 nitrogen and oxygen atoms in total. The summed E-state index contributed by atoms with van der Waals surface area (Å²) in [6.07, 6.45) is 0.734. The van der Waals surface area contributed by atoms with E-state index in [9.17, 15) is 13.6 Å². The van der Waals surface area contributed by atoms with E-state index in [2.05, 4.69) is 4.98 Å². The number of amides is 1. The normalized spacial score (nSPS) is 11.3. The van der Waals surface area contributed by atoms with Crippen molar-refractivity contribution in [2.24, 2.45) is 0 Å². The first-order valence-electron chi connectivity index (χ1n) is 8.64. The number of rotatable bonds is 6. The van der Waals surface area contributed by atoms with Gasteiger partial charge in [-0.1, -0.05) is 29.5 Å². The third-order valence-electron chi connectivity index (χ3n) is 4.24. The summed E-state index contributed by atoms with van der Waals surface area (Å²) in [6.45, 7) is 3.11. The minimum Gasteiger partial charge on any atom is -0.309 e. The number of aryl methyl sites for hydroxylation is 1. The molecule has 3 aromatic rings. The highest BCUT2D eigenvalue weighted by molar-refractivity contribution is 7.22. The molecule has 3 rings (SSSR count). The molecule has 0 saturated carbocycles. The van der Waals surface area contributed by atoms with Crippen LogP contribution in [0.5, 0.6) is 0 Å².